The highest BCUT2D eigenvalue weighted by atomic mass is 35.5. The van der Waals surface area contributed by atoms with Crippen LogP contribution in [0, 0.1) is 0 Å². The molecule has 0 radical (unpaired) electrons. The molecular formula is C17H22ClN3O4. The second-order valence-corrected chi connectivity index (χ2v) is 4.96. The molecule has 7 nitrogen and oxygen atoms in total. The molecule has 0 bridgehead atoms. The molecule has 25 heavy (non-hydrogen) atoms. The van der Waals surface area contributed by atoms with E-state index >= 15 is 0 Å². The van der Waals surface area contributed by atoms with Crippen molar-refractivity contribution in [3.05, 3.63) is 47.3 Å². The van der Waals surface area contributed by atoms with Gasteiger partial charge in [-0.25, -0.2) is 0 Å². The Morgan fingerprint density at radius 3 is 2.28 bits per heavy atom. The SMILES string of the molecule is COc1cc(CNC(=O)c2ccnc(CN)c2)cc(OC)c1OC.Cl. The lowest BCUT2D eigenvalue weighted by atomic mass is 10.1. The normalized spacial score (nSPS) is 9.76. The van der Waals surface area contributed by atoms with Gasteiger partial charge >= 0.3 is 0 Å². The summed E-state index contributed by atoms with van der Waals surface area (Å²) in [7, 11) is 4.64. The molecule has 0 aliphatic carbocycles. The number of carbonyl (C=O) groups is 1. The van der Waals surface area contributed by atoms with Gasteiger partial charge in [0.2, 0.25) is 5.75 Å². The van der Waals surface area contributed by atoms with Crippen LogP contribution in [0.2, 0.25) is 0 Å². The number of rotatable bonds is 7. The maximum atomic E-state index is 12.3. The number of benzene rings is 1. The molecule has 2 aromatic rings. The first-order chi connectivity index (χ1) is 11.6. The van der Waals surface area contributed by atoms with Crippen molar-refractivity contribution in [1.82, 2.24) is 10.3 Å². The molecule has 1 aromatic heterocycles. The van der Waals surface area contributed by atoms with Crippen molar-refractivity contribution in [1.29, 1.82) is 0 Å². The monoisotopic (exact) mass is 367 g/mol. The minimum Gasteiger partial charge on any atom is -0.493 e. The smallest absolute Gasteiger partial charge is 0.251 e. The number of ether oxygens (including phenoxy) is 3. The molecule has 2 rings (SSSR count). The van der Waals surface area contributed by atoms with Crippen LogP contribution in [-0.2, 0) is 13.1 Å². The van der Waals surface area contributed by atoms with Crippen LogP contribution in [0.25, 0.3) is 0 Å². The van der Waals surface area contributed by atoms with Gasteiger partial charge in [-0.15, -0.1) is 12.4 Å². The highest BCUT2D eigenvalue weighted by Crippen LogP contribution is 2.38. The maximum absolute atomic E-state index is 12.3. The molecule has 0 spiro atoms. The van der Waals surface area contributed by atoms with E-state index in [-0.39, 0.29) is 24.9 Å². The van der Waals surface area contributed by atoms with Crippen LogP contribution in [-0.4, -0.2) is 32.2 Å². The van der Waals surface area contributed by atoms with Crippen LogP contribution in [0.15, 0.2) is 30.5 Å². The number of pyridine rings is 1. The fraction of sp³-hybridized carbons (Fsp3) is 0.294. The van der Waals surface area contributed by atoms with Crippen LogP contribution in [0.5, 0.6) is 17.2 Å². The van der Waals surface area contributed by atoms with E-state index in [0.717, 1.165) is 5.56 Å². The lowest BCUT2D eigenvalue weighted by molar-refractivity contribution is 0.0950. The molecule has 0 aliphatic heterocycles. The summed E-state index contributed by atoms with van der Waals surface area (Å²) in [5, 5.41) is 2.85. The highest BCUT2D eigenvalue weighted by molar-refractivity contribution is 5.94. The van der Waals surface area contributed by atoms with Crippen molar-refractivity contribution in [2.75, 3.05) is 21.3 Å². The van der Waals surface area contributed by atoms with Gasteiger partial charge < -0.3 is 25.3 Å². The van der Waals surface area contributed by atoms with Crippen LogP contribution >= 0.6 is 12.4 Å². The quantitative estimate of drug-likeness (QED) is 0.776. The summed E-state index contributed by atoms with van der Waals surface area (Å²) in [5.41, 5.74) is 7.54. The second kappa shape index (κ2) is 9.71. The molecule has 0 fully saturated rings. The number of amides is 1. The fourth-order valence-corrected chi connectivity index (χ4v) is 2.25. The number of methoxy groups -OCH3 is 3. The van der Waals surface area contributed by atoms with Crippen LogP contribution < -0.4 is 25.3 Å². The Bertz CT molecular complexity index is 700. The van der Waals surface area contributed by atoms with Crippen molar-refractivity contribution in [2.24, 2.45) is 5.73 Å². The standard InChI is InChI=1S/C17H21N3O4.ClH/c1-22-14-6-11(7-15(23-2)16(14)24-3)10-20-17(21)12-4-5-19-13(8-12)9-18;/h4-8H,9-10,18H2,1-3H3,(H,20,21);1H. The third-order valence-electron chi connectivity index (χ3n) is 3.47. The van der Waals surface area contributed by atoms with Crippen LogP contribution in [0.3, 0.4) is 0 Å². The number of halogens is 1. The minimum atomic E-state index is -0.208. The molecule has 0 atom stereocenters. The maximum Gasteiger partial charge on any atom is 0.251 e. The van der Waals surface area contributed by atoms with Gasteiger partial charge in [0.05, 0.1) is 27.0 Å². The summed E-state index contributed by atoms with van der Waals surface area (Å²) in [6.45, 7) is 0.601. The van der Waals surface area contributed by atoms with Crippen LogP contribution in [0.1, 0.15) is 21.6 Å². The minimum absolute atomic E-state index is 0. The fourth-order valence-electron chi connectivity index (χ4n) is 2.25. The molecule has 1 aromatic carbocycles. The number of nitrogens with zero attached hydrogens (tertiary/aromatic N) is 1. The summed E-state index contributed by atoms with van der Waals surface area (Å²) in [5.74, 6) is 1.38. The Labute approximate surface area is 152 Å². The Kier molecular flexibility index (Phi) is 7.97. The van der Waals surface area contributed by atoms with E-state index in [2.05, 4.69) is 10.3 Å². The van der Waals surface area contributed by atoms with E-state index in [9.17, 15) is 4.79 Å². The average molecular weight is 368 g/mol. The van der Waals surface area contributed by atoms with Gasteiger partial charge in [-0.05, 0) is 29.8 Å². The highest BCUT2D eigenvalue weighted by Gasteiger charge is 2.14. The number of nitrogens with two attached hydrogens (primary N) is 1. The number of hydrogen-bond acceptors (Lipinski definition) is 6. The number of hydrogen-bond donors (Lipinski definition) is 2. The van der Waals surface area contributed by atoms with Gasteiger partial charge in [0.1, 0.15) is 0 Å². The summed E-state index contributed by atoms with van der Waals surface area (Å²) >= 11 is 0. The summed E-state index contributed by atoms with van der Waals surface area (Å²) in [6.07, 6.45) is 1.57. The summed E-state index contributed by atoms with van der Waals surface area (Å²) in [4.78, 5) is 16.3. The Morgan fingerprint density at radius 2 is 1.76 bits per heavy atom. The molecule has 0 unspecified atom stereocenters. The van der Waals surface area contributed by atoms with Gasteiger partial charge in [-0.3, -0.25) is 9.78 Å². The van der Waals surface area contributed by atoms with E-state index < -0.39 is 0 Å². The largest absolute Gasteiger partial charge is 0.493 e. The molecule has 0 saturated heterocycles. The average Bonchev–Trinajstić information content (AvgIpc) is 2.64. The van der Waals surface area contributed by atoms with E-state index in [1.807, 2.05) is 0 Å². The lowest BCUT2D eigenvalue weighted by Crippen LogP contribution is -2.23. The van der Waals surface area contributed by atoms with E-state index in [4.69, 9.17) is 19.9 Å². The number of aromatic nitrogens is 1. The molecule has 1 heterocycles. The molecule has 3 N–H and O–H groups in total. The van der Waals surface area contributed by atoms with E-state index in [1.54, 1.807) is 51.8 Å². The first kappa shape index (κ1) is 20.5. The van der Waals surface area contributed by atoms with Crippen molar-refractivity contribution >= 4 is 18.3 Å². The molecule has 0 aliphatic rings. The molecule has 136 valence electrons. The third kappa shape index (κ3) is 4.98. The molecule has 0 saturated carbocycles. The van der Waals surface area contributed by atoms with Crippen molar-refractivity contribution in [3.8, 4) is 17.2 Å². The Morgan fingerprint density at radius 1 is 1.12 bits per heavy atom. The Hall–Kier alpha value is -2.51. The van der Waals surface area contributed by atoms with Gasteiger partial charge in [0.15, 0.2) is 11.5 Å². The van der Waals surface area contributed by atoms with E-state index in [1.165, 1.54) is 0 Å². The first-order valence-electron chi connectivity index (χ1n) is 7.35. The topological polar surface area (TPSA) is 95.7 Å². The zero-order valence-corrected chi connectivity index (χ0v) is 15.2. The van der Waals surface area contributed by atoms with Crippen molar-refractivity contribution in [3.63, 3.8) is 0 Å². The number of nitrogens with one attached hydrogen (secondary N) is 1. The van der Waals surface area contributed by atoms with Gasteiger partial charge in [0, 0.05) is 24.8 Å². The second-order valence-electron chi connectivity index (χ2n) is 4.96. The zero-order valence-electron chi connectivity index (χ0n) is 14.4. The molecule has 1 amide bonds. The summed E-state index contributed by atoms with van der Waals surface area (Å²) in [6, 6.07) is 6.90. The van der Waals surface area contributed by atoms with Crippen LogP contribution in [0.4, 0.5) is 0 Å². The van der Waals surface area contributed by atoms with Gasteiger partial charge in [0.25, 0.3) is 5.91 Å². The Balaban J connectivity index is 0.00000312. The predicted molar refractivity (Wildman–Crippen MR) is 96.6 cm³/mol. The van der Waals surface area contributed by atoms with Crippen molar-refractivity contribution in [2.45, 2.75) is 13.1 Å². The van der Waals surface area contributed by atoms with E-state index in [0.29, 0.717) is 35.1 Å². The molecular weight excluding hydrogens is 346 g/mol. The third-order valence-corrected chi connectivity index (χ3v) is 3.47. The lowest BCUT2D eigenvalue weighted by Gasteiger charge is -2.14. The van der Waals surface area contributed by atoms with Gasteiger partial charge in [-0.2, -0.15) is 0 Å². The zero-order chi connectivity index (χ0) is 17.5. The first-order valence-corrected chi connectivity index (χ1v) is 7.35. The van der Waals surface area contributed by atoms with Gasteiger partial charge in [-0.1, -0.05) is 0 Å². The van der Waals surface area contributed by atoms with Crippen molar-refractivity contribution < 1.29 is 19.0 Å². The predicted octanol–water partition coefficient (Wildman–Crippen LogP) is 1.92. The summed E-state index contributed by atoms with van der Waals surface area (Å²) < 4.78 is 15.9. The molecule has 8 heteroatoms. The number of carbonyl (C=O) groups excluding carboxylic acids is 1.